The number of aliphatic carboxylic acids is 1. The van der Waals surface area contributed by atoms with Gasteiger partial charge in [0.25, 0.3) is 0 Å². The second kappa shape index (κ2) is 23.8. The van der Waals surface area contributed by atoms with E-state index in [-0.39, 0.29) is 32.5 Å². The summed E-state index contributed by atoms with van der Waals surface area (Å²) in [6.45, 7) is 7.19. The summed E-state index contributed by atoms with van der Waals surface area (Å²) in [5, 5.41) is 18.8. The van der Waals surface area contributed by atoms with Crippen LogP contribution in [0.5, 0.6) is 5.75 Å². The molecule has 0 bridgehead atoms. The monoisotopic (exact) mass is 703 g/mol. The zero-order valence-corrected chi connectivity index (χ0v) is 30.7. The Bertz CT molecular complexity index is 1200. The highest BCUT2D eigenvalue weighted by Gasteiger charge is 2.48. The largest absolute Gasteiger partial charge is 0.491 e. The summed E-state index contributed by atoms with van der Waals surface area (Å²) in [6.07, 6.45) is 13.0. The second-order valence-electron chi connectivity index (χ2n) is 13.7. The van der Waals surface area contributed by atoms with E-state index in [4.69, 9.17) is 14.2 Å². The standard InChI is InChI=1S/C39H61NO10/c1-5-7-9-10-11-12-13-14-15-18-23-48-34-20-17-16-19-33(34)40-35(42)29(4)32(36(40)43)27-31(39(47)50-24-21-41)26-30(25-28(3)37(44)45)38(46)49-22-8-6-2/h16-17,19-20,28-32,41H,5-15,18,21-27H2,1-4H3,(H,44,45). The number of unbranched alkanes of at least 4 members (excludes halogenated alkanes) is 10. The van der Waals surface area contributed by atoms with Gasteiger partial charge in [-0.25, -0.2) is 4.90 Å². The lowest BCUT2D eigenvalue weighted by molar-refractivity contribution is -0.155. The molecular weight excluding hydrogens is 642 g/mol. The third-order valence-corrected chi connectivity index (χ3v) is 9.52. The van der Waals surface area contributed by atoms with Crippen molar-refractivity contribution in [3.05, 3.63) is 24.3 Å². The number of rotatable bonds is 27. The van der Waals surface area contributed by atoms with Gasteiger partial charge >= 0.3 is 17.9 Å². The van der Waals surface area contributed by atoms with Crippen LogP contribution in [0.2, 0.25) is 0 Å². The number of carbonyl (C=O) groups excluding carboxylic acids is 4. The summed E-state index contributed by atoms with van der Waals surface area (Å²) >= 11 is 0. The van der Waals surface area contributed by atoms with Crippen molar-refractivity contribution in [2.24, 2.45) is 29.6 Å². The number of para-hydroxylation sites is 2. The van der Waals surface area contributed by atoms with Gasteiger partial charge in [-0.1, -0.05) is 104 Å². The molecule has 2 rings (SSSR count). The molecule has 2 N–H and O–H groups in total. The van der Waals surface area contributed by atoms with Crippen molar-refractivity contribution < 1.29 is 48.4 Å². The summed E-state index contributed by atoms with van der Waals surface area (Å²) in [5.41, 5.74) is 0.344. The van der Waals surface area contributed by atoms with Crippen molar-refractivity contribution >= 4 is 35.4 Å². The van der Waals surface area contributed by atoms with Crippen LogP contribution in [-0.2, 0) is 33.4 Å². The number of carboxylic acids is 1. The number of aliphatic hydroxyl groups excluding tert-OH is 1. The molecule has 1 saturated heterocycles. The van der Waals surface area contributed by atoms with Crippen molar-refractivity contribution in [2.75, 3.05) is 31.3 Å². The van der Waals surface area contributed by atoms with Gasteiger partial charge in [0.15, 0.2) is 0 Å². The van der Waals surface area contributed by atoms with E-state index in [1.807, 2.05) is 6.92 Å². The maximum atomic E-state index is 14.0. The Hall–Kier alpha value is -3.47. The Morgan fingerprint density at radius 3 is 1.96 bits per heavy atom. The number of imide groups is 1. The highest BCUT2D eigenvalue weighted by molar-refractivity contribution is 6.22. The summed E-state index contributed by atoms with van der Waals surface area (Å²) in [6, 6.07) is 6.92. The number of benzene rings is 1. The Balaban J connectivity index is 2.15. The molecule has 1 aliphatic heterocycles. The predicted molar refractivity (Wildman–Crippen MR) is 190 cm³/mol. The summed E-state index contributed by atoms with van der Waals surface area (Å²) in [5.74, 6) is -7.50. The molecule has 2 amide bonds. The fourth-order valence-electron chi connectivity index (χ4n) is 6.40. The van der Waals surface area contributed by atoms with Crippen molar-refractivity contribution in [3.8, 4) is 5.75 Å². The molecule has 0 saturated carbocycles. The van der Waals surface area contributed by atoms with Gasteiger partial charge < -0.3 is 24.4 Å². The smallest absolute Gasteiger partial charge is 0.309 e. The van der Waals surface area contributed by atoms with Crippen molar-refractivity contribution in [1.29, 1.82) is 0 Å². The Morgan fingerprint density at radius 1 is 0.760 bits per heavy atom. The van der Waals surface area contributed by atoms with Gasteiger partial charge in [-0.15, -0.1) is 0 Å². The highest BCUT2D eigenvalue weighted by Crippen LogP contribution is 2.40. The van der Waals surface area contributed by atoms with Crippen LogP contribution in [0, 0.1) is 29.6 Å². The number of carbonyl (C=O) groups is 5. The summed E-state index contributed by atoms with van der Waals surface area (Å²) < 4.78 is 16.7. The van der Waals surface area contributed by atoms with E-state index < -0.39 is 65.9 Å². The second-order valence-corrected chi connectivity index (χ2v) is 13.7. The van der Waals surface area contributed by atoms with Crippen LogP contribution < -0.4 is 9.64 Å². The molecule has 1 aromatic rings. The average Bonchev–Trinajstić information content (AvgIpc) is 3.31. The van der Waals surface area contributed by atoms with Crippen LogP contribution >= 0.6 is 0 Å². The number of carboxylic acid groups (broad SMARTS) is 1. The number of amides is 2. The minimum Gasteiger partial charge on any atom is -0.491 e. The van der Waals surface area contributed by atoms with Crippen LogP contribution in [0.25, 0.3) is 0 Å². The van der Waals surface area contributed by atoms with E-state index in [0.29, 0.717) is 24.5 Å². The minimum absolute atomic E-state index is 0.0763. The molecule has 0 aromatic heterocycles. The minimum atomic E-state index is -1.09. The van der Waals surface area contributed by atoms with E-state index in [1.54, 1.807) is 31.2 Å². The van der Waals surface area contributed by atoms with E-state index in [0.717, 1.165) is 30.6 Å². The number of anilines is 1. The lowest BCUT2D eigenvalue weighted by Gasteiger charge is -2.25. The van der Waals surface area contributed by atoms with Crippen LogP contribution in [-0.4, -0.2) is 66.4 Å². The Labute approximate surface area is 298 Å². The molecule has 5 unspecified atom stereocenters. The van der Waals surface area contributed by atoms with Gasteiger partial charge in [-0.3, -0.25) is 24.0 Å². The fraction of sp³-hybridized carbons (Fsp3) is 0.718. The molecule has 11 heteroatoms. The zero-order valence-electron chi connectivity index (χ0n) is 30.7. The molecule has 282 valence electrons. The molecular formula is C39H61NO10. The first kappa shape index (κ1) is 42.7. The van der Waals surface area contributed by atoms with Gasteiger partial charge in [-0.2, -0.15) is 0 Å². The van der Waals surface area contributed by atoms with Crippen molar-refractivity contribution in [3.63, 3.8) is 0 Å². The number of esters is 2. The molecule has 1 aliphatic rings. The summed E-state index contributed by atoms with van der Waals surface area (Å²) in [7, 11) is 0. The molecule has 0 aliphatic carbocycles. The van der Waals surface area contributed by atoms with Crippen LogP contribution in [0.15, 0.2) is 24.3 Å². The van der Waals surface area contributed by atoms with E-state index in [1.165, 1.54) is 51.9 Å². The van der Waals surface area contributed by atoms with Gasteiger partial charge in [0.05, 0.1) is 49.2 Å². The number of hydrogen-bond donors (Lipinski definition) is 2. The average molecular weight is 704 g/mol. The van der Waals surface area contributed by atoms with Crippen LogP contribution in [0.4, 0.5) is 5.69 Å². The fourth-order valence-corrected chi connectivity index (χ4v) is 6.40. The molecule has 50 heavy (non-hydrogen) atoms. The molecule has 0 radical (unpaired) electrons. The predicted octanol–water partition coefficient (Wildman–Crippen LogP) is 7.11. The van der Waals surface area contributed by atoms with Crippen molar-refractivity contribution in [1.82, 2.24) is 0 Å². The molecule has 11 nitrogen and oxygen atoms in total. The third kappa shape index (κ3) is 14.0. The maximum Gasteiger partial charge on any atom is 0.309 e. The quantitative estimate of drug-likeness (QED) is 0.0550. The number of hydrogen-bond acceptors (Lipinski definition) is 9. The van der Waals surface area contributed by atoms with Crippen LogP contribution in [0.3, 0.4) is 0 Å². The van der Waals surface area contributed by atoms with Gasteiger partial charge in [-0.05, 0) is 44.2 Å². The Kier molecular flexibility index (Phi) is 20.4. The number of ether oxygens (including phenoxy) is 3. The zero-order chi connectivity index (χ0) is 36.9. The van der Waals surface area contributed by atoms with Crippen LogP contribution in [0.1, 0.15) is 124 Å². The van der Waals surface area contributed by atoms with E-state index in [2.05, 4.69) is 6.92 Å². The molecule has 1 aromatic carbocycles. The molecule has 0 spiro atoms. The molecule has 5 atom stereocenters. The Morgan fingerprint density at radius 2 is 1.34 bits per heavy atom. The normalized spacial score (nSPS) is 17.7. The molecule has 1 fully saturated rings. The van der Waals surface area contributed by atoms with E-state index in [9.17, 15) is 34.2 Å². The SMILES string of the molecule is CCCCCCCCCCCCOc1ccccc1N1C(=O)C(C)C(CC(CC(CC(C)C(=O)O)C(=O)OCCCC)C(=O)OCCO)C1=O. The summed E-state index contributed by atoms with van der Waals surface area (Å²) in [4.78, 5) is 66.8. The van der Waals surface area contributed by atoms with Gasteiger partial charge in [0.2, 0.25) is 11.8 Å². The first-order chi connectivity index (χ1) is 24.1. The van der Waals surface area contributed by atoms with Gasteiger partial charge in [0.1, 0.15) is 12.4 Å². The molecule has 1 heterocycles. The third-order valence-electron chi connectivity index (χ3n) is 9.52. The lowest BCUT2D eigenvalue weighted by Crippen LogP contribution is -2.33. The van der Waals surface area contributed by atoms with Gasteiger partial charge in [0, 0.05) is 5.92 Å². The maximum absolute atomic E-state index is 14.0. The first-order valence-corrected chi connectivity index (χ1v) is 18.8. The first-order valence-electron chi connectivity index (χ1n) is 18.8. The topological polar surface area (TPSA) is 157 Å². The van der Waals surface area contributed by atoms with Crippen molar-refractivity contribution in [2.45, 2.75) is 124 Å². The lowest BCUT2D eigenvalue weighted by atomic mass is 9.80. The van der Waals surface area contributed by atoms with E-state index >= 15 is 0 Å². The number of aliphatic hydroxyl groups is 1. The number of nitrogens with zero attached hydrogens (tertiary/aromatic N) is 1. The highest BCUT2D eigenvalue weighted by atomic mass is 16.5.